The molecule has 90 valence electrons. The number of imidazole rings is 1. The van der Waals surface area contributed by atoms with E-state index in [4.69, 9.17) is 0 Å². The minimum Gasteiger partial charge on any atom is -0.338 e. The minimum atomic E-state index is 0.843. The molecule has 0 aromatic carbocycles. The molecule has 0 radical (unpaired) electrons. The number of aryl methyl sites for hydroxylation is 1. The van der Waals surface area contributed by atoms with Gasteiger partial charge in [0.05, 0.1) is 0 Å². The molecule has 0 spiro atoms. The lowest BCUT2D eigenvalue weighted by Crippen LogP contribution is -2.28. The molecule has 0 bridgehead atoms. The summed E-state index contributed by atoms with van der Waals surface area (Å²) >= 11 is 2.13. The fourth-order valence-corrected chi connectivity index (χ4v) is 3.34. The van der Waals surface area contributed by atoms with Gasteiger partial charge in [-0.1, -0.05) is 6.42 Å². The average Bonchev–Trinajstić information content (AvgIpc) is 2.72. The van der Waals surface area contributed by atoms with Crippen LogP contribution >= 0.6 is 11.8 Å². The molecule has 1 unspecified atom stereocenters. The molecule has 1 atom stereocenters. The number of hydrogen-bond donors (Lipinski definition) is 1. The molecule has 1 aromatic heterocycles. The number of rotatable bonds is 5. The van der Waals surface area contributed by atoms with Gasteiger partial charge in [-0.25, -0.2) is 4.98 Å². The van der Waals surface area contributed by atoms with Crippen molar-refractivity contribution in [2.24, 2.45) is 7.05 Å². The highest BCUT2D eigenvalue weighted by Crippen LogP contribution is 2.24. The Morgan fingerprint density at radius 2 is 2.50 bits per heavy atom. The van der Waals surface area contributed by atoms with Crippen LogP contribution in [0.3, 0.4) is 0 Å². The van der Waals surface area contributed by atoms with Gasteiger partial charge in [-0.05, 0) is 18.6 Å². The van der Waals surface area contributed by atoms with Crippen molar-refractivity contribution in [2.75, 3.05) is 18.8 Å². The van der Waals surface area contributed by atoms with E-state index in [2.05, 4.69) is 33.7 Å². The van der Waals surface area contributed by atoms with Crippen LogP contribution in [0.25, 0.3) is 0 Å². The molecular weight excluding hydrogens is 218 g/mol. The molecule has 1 aliphatic heterocycles. The van der Waals surface area contributed by atoms with Crippen LogP contribution in [0.1, 0.15) is 25.1 Å². The molecule has 1 aromatic rings. The monoisotopic (exact) mass is 239 g/mol. The van der Waals surface area contributed by atoms with Crippen LogP contribution in [0.2, 0.25) is 0 Å². The molecule has 16 heavy (non-hydrogen) atoms. The van der Waals surface area contributed by atoms with Crippen molar-refractivity contribution in [3.63, 3.8) is 0 Å². The third kappa shape index (κ3) is 3.52. The number of thioether (sulfide) groups is 1. The van der Waals surface area contributed by atoms with Crippen LogP contribution in [-0.2, 0) is 13.5 Å². The van der Waals surface area contributed by atoms with Crippen molar-refractivity contribution in [1.29, 1.82) is 0 Å². The lowest BCUT2D eigenvalue weighted by molar-refractivity contribution is 0.590. The molecule has 2 heterocycles. The lowest BCUT2D eigenvalue weighted by atomic mass is 10.2. The van der Waals surface area contributed by atoms with Crippen LogP contribution in [-0.4, -0.2) is 33.6 Å². The van der Waals surface area contributed by atoms with E-state index in [1.807, 2.05) is 12.4 Å². The minimum absolute atomic E-state index is 0.843. The first-order valence-corrected chi connectivity index (χ1v) is 7.19. The molecule has 0 saturated carbocycles. The Kier molecular flexibility index (Phi) is 4.72. The van der Waals surface area contributed by atoms with Crippen molar-refractivity contribution in [3.05, 3.63) is 18.2 Å². The van der Waals surface area contributed by atoms with E-state index in [0.717, 1.165) is 24.8 Å². The molecule has 3 nitrogen and oxygen atoms in total. The summed E-state index contributed by atoms with van der Waals surface area (Å²) in [5.74, 6) is 2.52. The summed E-state index contributed by atoms with van der Waals surface area (Å²) in [7, 11) is 2.05. The smallest absolute Gasteiger partial charge is 0.109 e. The van der Waals surface area contributed by atoms with Crippen LogP contribution in [0.15, 0.2) is 12.4 Å². The summed E-state index contributed by atoms with van der Waals surface area (Å²) in [6.07, 6.45) is 9.12. The van der Waals surface area contributed by atoms with Crippen molar-refractivity contribution in [1.82, 2.24) is 14.9 Å². The molecule has 0 amide bonds. The summed E-state index contributed by atoms with van der Waals surface area (Å²) in [6.45, 7) is 2.21. The van der Waals surface area contributed by atoms with Gasteiger partial charge in [-0.15, -0.1) is 0 Å². The van der Waals surface area contributed by atoms with E-state index < -0.39 is 0 Å². The zero-order valence-corrected chi connectivity index (χ0v) is 10.8. The highest BCUT2D eigenvalue weighted by molar-refractivity contribution is 7.99. The highest BCUT2D eigenvalue weighted by atomic mass is 32.2. The maximum absolute atomic E-state index is 4.32. The van der Waals surface area contributed by atoms with Gasteiger partial charge in [-0.2, -0.15) is 11.8 Å². The van der Waals surface area contributed by atoms with Gasteiger partial charge >= 0.3 is 0 Å². The first-order chi connectivity index (χ1) is 7.86. The number of hydrogen-bond acceptors (Lipinski definition) is 3. The zero-order valence-electron chi connectivity index (χ0n) is 9.98. The van der Waals surface area contributed by atoms with Gasteiger partial charge in [0.25, 0.3) is 0 Å². The second-order valence-corrected chi connectivity index (χ2v) is 5.81. The normalized spacial score (nSPS) is 21.2. The molecule has 1 fully saturated rings. The maximum Gasteiger partial charge on any atom is 0.109 e. The number of nitrogens with one attached hydrogen (secondary N) is 1. The van der Waals surface area contributed by atoms with Gasteiger partial charge < -0.3 is 9.88 Å². The van der Waals surface area contributed by atoms with E-state index in [1.165, 1.54) is 30.8 Å². The van der Waals surface area contributed by atoms with Gasteiger partial charge in [0.2, 0.25) is 0 Å². The zero-order chi connectivity index (χ0) is 11.2. The van der Waals surface area contributed by atoms with Crippen molar-refractivity contribution in [3.8, 4) is 0 Å². The van der Waals surface area contributed by atoms with E-state index >= 15 is 0 Å². The van der Waals surface area contributed by atoms with Gasteiger partial charge in [0.15, 0.2) is 0 Å². The lowest BCUT2D eigenvalue weighted by Gasteiger charge is -2.21. The Balaban J connectivity index is 1.59. The quantitative estimate of drug-likeness (QED) is 0.795. The van der Waals surface area contributed by atoms with Gasteiger partial charge in [-0.3, -0.25) is 0 Å². The second-order valence-electron chi connectivity index (χ2n) is 4.40. The van der Waals surface area contributed by atoms with Crippen LogP contribution < -0.4 is 5.32 Å². The maximum atomic E-state index is 4.32. The topological polar surface area (TPSA) is 29.9 Å². The Morgan fingerprint density at radius 1 is 1.56 bits per heavy atom. The van der Waals surface area contributed by atoms with E-state index in [0.29, 0.717) is 0 Å². The fraction of sp³-hybridized carbons (Fsp3) is 0.750. The van der Waals surface area contributed by atoms with Crippen LogP contribution in [0, 0.1) is 0 Å². The summed E-state index contributed by atoms with van der Waals surface area (Å²) in [6, 6.07) is 0. The van der Waals surface area contributed by atoms with Crippen molar-refractivity contribution < 1.29 is 0 Å². The molecule has 4 heteroatoms. The standard InChI is InChI=1S/C12H21N3S/c1-15-8-7-14-12(15)5-6-13-10-11-4-2-3-9-16-11/h7-8,11,13H,2-6,9-10H2,1H3. The Labute approximate surface area is 102 Å². The molecule has 1 N–H and O–H groups in total. The molecular formula is C12H21N3S. The second kappa shape index (κ2) is 6.30. The third-order valence-electron chi connectivity index (χ3n) is 3.09. The third-order valence-corrected chi connectivity index (χ3v) is 4.49. The molecule has 1 aliphatic rings. The first kappa shape index (κ1) is 12.0. The summed E-state index contributed by atoms with van der Waals surface area (Å²) in [5, 5.41) is 4.39. The number of nitrogens with zero attached hydrogens (tertiary/aromatic N) is 2. The summed E-state index contributed by atoms with van der Waals surface area (Å²) in [5.41, 5.74) is 0. The SMILES string of the molecule is Cn1ccnc1CCNCC1CCCCS1. The first-order valence-electron chi connectivity index (χ1n) is 6.15. The van der Waals surface area contributed by atoms with Crippen LogP contribution in [0.5, 0.6) is 0 Å². The Morgan fingerprint density at radius 3 is 3.19 bits per heavy atom. The fourth-order valence-electron chi connectivity index (χ4n) is 2.07. The largest absolute Gasteiger partial charge is 0.338 e. The Hall–Kier alpha value is -0.480. The van der Waals surface area contributed by atoms with Crippen molar-refractivity contribution >= 4 is 11.8 Å². The highest BCUT2D eigenvalue weighted by Gasteiger charge is 2.12. The van der Waals surface area contributed by atoms with Gasteiger partial charge in [0.1, 0.15) is 5.82 Å². The van der Waals surface area contributed by atoms with Crippen LogP contribution in [0.4, 0.5) is 0 Å². The molecule has 1 saturated heterocycles. The Bertz CT molecular complexity index is 305. The molecule has 0 aliphatic carbocycles. The van der Waals surface area contributed by atoms with E-state index in [-0.39, 0.29) is 0 Å². The van der Waals surface area contributed by atoms with Crippen molar-refractivity contribution in [2.45, 2.75) is 30.9 Å². The predicted octanol–water partition coefficient (Wildman–Crippen LogP) is 1.84. The molecule has 2 rings (SSSR count). The average molecular weight is 239 g/mol. The summed E-state index contributed by atoms with van der Waals surface area (Å²) < 4.78 is 2.09. The number of aromatic nitrogens is 2. The van der Waals surface area contributed by atoms with Gasteiger partial charge in [0, 0.05) is 44.2 Å². The predicted molar refractivity (Wildman–Crippen MR) is 69.9 cm³/mol. The van der Waals surface area contributed by atoms with E-state index in [9.17, 15) is 0 Å². The van der Waals surface area contributed by atoms with E-state index in [1.54, 1.807) is 0 Å². The summed E-state index contributed by atoms with van der Waals surface area (Å²) in [4.78, 5) is 4.32.